The molecule has 1 heterocycles. The Kier molecular flexibility index (Phi) is 5.42. The second-order valence-corrected chi connectivity index (χ2v) is 8.96. The van der Waals surface area contributed by atoms with E-state index in [1.165, 1.54) is 30.3 Å². The van der Waals surface area contributed by atoms with Gasteiger partial charge in [0.15, 0.2) is 9.84 Å². The molecule has 0 spiro atoms. The van der Waals surface area contributed by atoms with Gasteiger partial charge in [0.1, 0.15) is 0 Å². The number of anilines is 1. The lowest BCUT2D eigenvalue weighted by molar-refractivity contribution is -0.137. The van der Waals surface area contributed by atoms with Crippen molar-refractivity contribution < 1.29 is 21.6 Å². The van der Waals surface area contributed by atoms with Gasteiger partial charge in [-0.1, -0.05) is 23.7 Å². The summed E-state index contributed by atoms with van der Waals surface area (Å²) in [6.45, 7) is 0.787. The normalized spacial score (nSPS) is 18.0. The number of halogens is 4. The summed E-state index contributed by atoms with van der Waals surface area (Å²) >= 11 is 6.01. The number of hydrogen-bond acceptors (Lipinski definition) is 4. The topological polar surface area (TPSA) is 72.2 Å². The van der Waals surface area contributed by atoms with Gasteiger partial charge in [0.05, 0.1) is 21.2 Å². The molecule has 4 nitrogen and oxygen atoms in total. The van der Waals surface area contributed by atoms with Crippen LogP contribution in [0.3, 0.4) is 0 Å². The molecule has 1 atom stereocenters. The predicted molar refractivity (Wildman–Crippen MR) is 99.4 cm³/mol. The van der Waals surface area contributed by atoms with E-state index in [9.17, 15) is 21.6 Å². The Morgan fingerprint density at radius 1 is 1.19 bits per heavy atom. The fourth-order valence-electron chi connectivity index (χ4n) is 3.23. The predicted octanol–water partition coefficient (Wildman–Crippen LogP) is 4.13. The third-order valence-electron chi connectivity index (χ3n) is 4.50. The van der Waals surface area contributed by atoms with Gasteiger partial charge >= 0.3 is 6.18 Å². The van der Waals surface area contributed by atoms with Crippen molar-refractivity contribution in [3.05, 3.63) is 47.0 Å². The molecule has 9 heteroatoms. The first-order valence-electron chi connectivity index (χ1n) is 8.31. The highest BCUT2D eigenvalue weighted by atomic mass is 35.5. The van der Waals surface area contributed by atoms with E-state index in [1.54, 1.807) is 0 Å². The zero-order valence-corrected chi connectivity index (χ0v) is 15.8. The maximum absolute atomic E-state index is 13.4. The van der Waals surface area contributed by atoms with Crippen LogP contribution in [0.2, 0.25) is 5.02 Å². The highest BCUT2D eigenvalue weighted by Gasteiger charge is 2.35. The standard InChI is InChI=1S/C18H18ClF3N2O2S/c19-16-9-12(23)8-15(18(20,21)22)17(16)11-3-5-14(6-4-11)27(25,26)10-13-2-1-7-24-13/h3-6,8-9,13,24H,1-2,7,10,23H2/t13-/m0/s1. The Balaban J connectivity index is 1.97. The first-order chi connectivity index (χ1) is 12.6. The highest BCUT2D eigenvalue weighted by Crippen LogP contribution is 2.42. The molecule has 3 N–H and O–H groups in total. The van der Waals surface area contributed by atoms with Crippen LogP contribution in [0.1, 0.15) is 18.4 Å². The molecule has 0 aliphatic carbocycles. The second kappa shape index (κ2) is 7.33. The molecule has 0 unspecified atom stereocenters. The molecule has 0 bridgehead atoms. The molecule has 2 aromatic carbocycles. The minimum Gasteiger partial charge on any atom is -0.399 e. The molecular formula is C18H18ClF3N2O2S. The summed E-state index contributed by atoms with van der Waals surface area (Å²) < 4.78 is 65.1. The van der Waals surface area contributed by atoms with Gasteiger partial charge in [0.25, 0.3) is 0 Å². The quantitative estimate of drug-likeness (QED) is 0.732. The van der Waals surface area contributed by atoms with Crippen LogP contribution in [0.25, 0.3) is 11.1 Å². The van der Waals surface area contributed by atoms with E-state index < -0.39 is 21.6 Å². The van der Waals surface area contributed by atoms with Crippen molar-refractivity contribution in [2.75, 3.05) is 18.0 Å². The molecule has 2 aromatic rings. The van der Waals surface area contributed by atoms with Gasteiger partial charge in [-0.3, -0.25) is 0 Å². The number of hydrogen-bond donors (Lipinski definition) is 2. The third-order valence-corrected chi connectivity index (χ3v) is 6.63. The van der Waals surface area contributed by atoms with Crippen LogP contribution in [0.5, 0.6) is 0 Å². The first-order valence-corrected chi connectivity index (χ1v) is 10.3. The van der Waals surface area contributed by atoms with E-state index in [1.807, 2.05) is 0 Å². The minimum absolute atomic E-state index is 0.0389. The molecule has 0 amide bonds. The maximum Gasteiger partial charge on any atom is 0.417 e. The number of nitrogens with one attached hydrogen (secondary N) is 1. The van der Waals surface area contributed by atoms with Crippen LogP contribution < -0.4 is 11.1 Å². The third kappa shape index (κ3) is 4.39. The van der Waals surface area contributed by atoms with Crippen molar-refractivity contribution in [3.63, 3.8) is 0 Å². The summed E-state index contributed by atoms with van der Waals surface area (Å²) in [4.78, 5) is 0.0695. The molecule has 1 saturated heterocycles. The van der Waals surface area contributed by atoms with Crippen molar-refractivity contribution in [2.24, 2.45) is 0 Å². The van der Waals surface area contributed by atoms with Gasteiger partial charge < -0.3 is 11.1 Å². The van der Waals surface area contributed by atoms with E-state index in [0.717, 1.165) is 25.5 Å². The monoisotopic (exact) mass is 418 g/mol. The van der Waals surface area contributed by atoms with E-state index >= 15 is 0 Å². The highest BCUT2D eigenvalue weighted by molar-refractivity contribution is 7.91. The summed E-state index contributed by atoms with van der Waals surface area (Å²) in [6.07, 6.45) is -2.93. The largest absolute Gasteiger partial charge is 0.417 e. The summed E-state index contributed by atoms with van der Waals surface area (Å²) in [5, 5.41) is 2.98. The Morgan fingerprint density at radius 2 is 1.85 bits per heavy atom. The smallest absolute Gasteiger partial charge is 0.399 e. The first kappa shape index (κ1) is 20.0. The lowest BCUT2D eigenvalue weighted by atomic mass is 9.98. The number of nitrogens with two attached hydrogens (primary N) is 1. The van der Waals surface area contributed by atoms with Crippen molar-refractivity contribution >= 4 is 27.1 Å². The Hall–Kier alpha value is -1.77. The molecule has 1 fully saturated rings. The van der Waals surface area contributed by atoms with E-state index in [-0.39, 0.29) is 38.5 Å². The van der Waals surface area contributed by atoms with E-state index in [2.05, 4.69) is 5.32 Å². The van der Waals surface area contributed by atoms with Gasteiger partial charge in [0.2, 0.25) is 0 Å². The van der Waals surface area contributed by atoms with Gasteiger partial charge in [-0.25, -0.2) is 8.42 Å². The molecule has 0 radical (unpaired) electrons. The summed E-state index contributed by atoms with van der Waals surface area (Å²) in [6, 6.07) is 7.25. The van der Waals surface area contributed by atoms with Crippen molar-refractivity contribution in [2.45, 2.75) is 30.0 Å². The molecular weight excluding hydrogens is 401 g/mol. The number of sulfone groups is 1. The molecule has 1 aliphatic heterocycles. The average molecular weight is 419 g/mol. The van der Waals surface area contributed by atoms with Crippen LogP contribution in [-0.4, -0.2) is 26.8 Å². The Morgan fingerprint density at radius 3 is 2.41 bits per heavy atom. The minimum atomic E-state index is -4.65. The van der Waals surface area contributed by atoms with Gasteiger partial charge in [-0.15, -0.1) is 0 Å². The van der Waals surface area contributed by atoms with E-state index in [4.69, 9.17) is 17.3 Å². The molecule has 27 heavy (non-hydrogen) atoms. The Bertz CT molecular complexity index is 938. The average Bonchev–Trinajstić information content (AvgIpc) is 3.06. The van der Waals surface area contributed by atoms with Crippen LogP contribution in [0, 0.1) is 0 Å². The van der Waals surface area contributed by atoms with Gasteiger partial charge in [-0.2, -0.15) is 13.2 Å². The molecule has 146 valence electrons. The zero-order valence-electron chi connectivity index (χ0n) is 14.2. The van der Waals surface area contributed by atoms with Crippen molar-refractivity contribution in [3.8, 4) is 11.1 Å². The molecule has 0 saturated carbocycles. The van der Waals surface area contributed by atoms with Gasteiger partial charge in [-0.05, 0) is 49.2 Å². The number of rotatable bonds is 4. The van der Waals surface area contributed by atoms with Crippen LogP contribution in [0.15, 0.2) is 41.3 Å². The lowest BCUT2D eigenvalue weighted by Gasteiger charge is -2.16. The molecule has 0 aromatic heterocycles. The zero-order chi connectivity index (χ0) is 19.8. The van der Waals surface area contributed by atoms with E-state index in [0.29, 0.717) is 0 Å². The summed E-state index contributed by atoms with van der Waals surface area (Å²) in [5.41, 5.74) is 4.38. The second-order valence-electron chi connectivity index (χ2n) is 6.52. The maximum atomic E-state index is 13.4. The number of benzene rings is 2. The summed E-state index contributed by atoms with van der Waals surface area (Å²) in [5.74, 6) is -0.0389. The fraction of sp³-hybridized carbons (Fsp3) is 0.333. The van der Waals surface area contributed by atoms with Gasteiger partial charge in [0, 0.05) is 17.3 Å². The van der Waals surface area contributed by atoms with Crippen LogP contribution >= 0.6 is 11.6 Å². The van der Waals surface area contributed by atoms with Crippen LogP contribution in [-0.2, 0) is 16.0 Å². The number of alkyl halides is 3. The lowest BCUT2D eigenvalue weighted by Crippen LogP contribution is -2.29. The molecule has 1 aliphatic rings. The number of nitrogen functional groups attached to an aromatic ring is 1. The SMILES string of the molecule is Nc1cc(Cl)c(-c2ccc(S(=O)(=O)C[C@@H]3CCCN3)cc2)c(C(F)(F)F)c1. The Labute approximate surface area is 160 Å². The van der Waals surface area contributed by atoms with Crippen LogP contribution in [0.4, 0.5) is 18.9 Å². The summed E-state index contributed by atoms with van der Waals surface area (Å²) in [7, 11) is -3.54. The van der Waals surface area contributed by atoms with Crippen molar-refractivity contribution in [1.82, 2.24) is 5.32 Å². The fourth-order valence-corrected chi connectivity index (χ4v) is 5.13. The molecule has 3 rings (SSSR count). The van der Waals surface area contributed by atoms with Crippen molar-refractivity contribution in [1.29, 1.82) is 0 Å².